The second-order valence-corrected chi connectivity index (χ2v) is 5.81. The molecule has 2 aromatic heterocycles. The molecule has 4 rings (SSSR count). The zero-order valence-electron chi connectivity index (χ0n) is 13.5. The molecular formula is C19H15FN4O. The minimum absolute atomic E-state index is 0.139. The SMILES string of the molecule is C[C@@H](c1ccccc1)n1cnc2c(cnn2-c2ccc(F)cc2)c1=O. The van der Waals surface area contributed by atoms with E-state index in [9.17, 15) is 9.18 Å². The molecule has 0 fully saturated rings. The second-order valence-electron chi connectivity index (χ2n) is 5.81. The van der Waals surface area contributed by atoms with Crippen molar-refractivity contribution in [1.29, 1.82) is 0 Å². The number of fused-ring (bicyclic) bond motifs is 1. The highest BCUT2D eigenvalue weighted by Gasteiger charge is 2.15. The van der Waals surface area contributed by atoms with E-state index in [1.807, 2.05) is 37.3 Å². The fourth-order valence-corrected chi connectivity index (χ4v) is 2.86. The summed E-state index contributed by atoms with van der Waals surface area (Å²) < 4.78 is 16.2. The van der Waals surface area contributed by atoms with Gasteiger partial charge in [0.2, 0.25) is 0 Å². The monoisotopic (exact) mass is 334 g/mol. The highest BCUT2D eigenvalue weighted by molar-refractivity contribution is 5.75. The highest BCUT2D eigenvalue weighted by Crippen LogP contribution is 2.18. The van der Waals surface area contributed by atoms with Crippen LogP contribution in [0.15, 0.2) is 71.9 Å². The minimum atomic E-state index is -0.327. The van der Waals surface area contributed by atoms with Crippen LogP contribution in [0.2, 0.25) is 0 Å². The summed E-state index contributed by atoms with van der Waals surface area (Å²) in [6.07, 6.45) is 3.03. The fourth-order valence-electron chi connectivity index (χ4n) is 2.86. The van der Waals surface area contributed by atoms with Gasteiger partial charge in [0.25, 0.3) is 5.56 Å². The maximum atomic E-state index is 13.1. The Bertz CT molecular complexity index is 1080. The first-order valence-corrected chi connectivity index (χ1v) is 7.91. The maximum Gasteiger partial charge on any atom is 0.265 e. The van der Waals surface area contributed by atoms with Crippen molar-refractivity contribution in [2.45, 2.75) is 13.0 Å². The zero-order chi connectivity index (χ0) is 17.4. The summed E-state index contributed by atoms with van der Waals surface area (Å²) in [5, 5.41) is 4.67. The standard InChI is InChI=1S/C19H15FN4O/c1-13(14-5-3-2-4-6-14)23-12-21-18-17(19(23)25)11-22-24(18)16-9-7-15(20)8-10-16/h2-13H,1H3/t13-/m0/s1. The fraction of sp³-hybridized carbons (Fsp3) is 0.105. The van der Waals surface area contributed by atoms with E-state index in [1.54, 1.807) is 16.7 Å². The van der Waals surface area contributed by atoms with Gasteiger partial charge in [-0.15, -0.1) is 0 Å². The Morgan fingerprint density at radius 3 is 2.48 bits per heavy atom. The molecule has 2 heterocycles. The molecule has 0 aliphatic carbocycles. The first-order valence-electron chi connectivity index (χ1n) is 7.91. The molecule has 0 unspecified atom stereocenters. The van der Waals surface area contributed by atoms with Crippen molar-refractivity contribution in [2.24, 2.45) is 0 Å². The number of rotatable bonds is 3. The Labute approximate surface area is 143 Å². The van der Waals surface area contributed by atoms with Crippen LogP contribution in [0.4, 0.5) is 4.39 Å². The lowest BCUT2D eigenvalue weighted by Gasteiger charge is -2.15. The van der Waals surface area contributed by atoms with Crippen molar-refractivity contribution in [1.82, 2.24) is 19.3 Å². The topological polar surface area (TPSA) is 52.7 Å². The van der Waals surface area contributed by atoms with Gasteiger partial charge in [-0.25, -0.2) is 14.1 Å². The van der Waals surface area contributed by atoms with Gasteiger partial charge < -0.3 is 0 Å². The van der Waals surface area contributed by atoms with Crippen LogP contribution in [0.25, 0.3) is 16.7 Å². The third kappa shape index (κ3) is 2.61. The van der Waals surface area contributed by atoms with Crippen LogP contribution in [-0.2, 0) is 0 Å². The predicted octanol–water partition coefficient (Wildman–Crippen LogP) is 3.33. The molecule has 6 heteroatoms. The summed E-state index contributed by atoms with van der Waals surface area (Å²) in [5.74, 6) is -0.327. The second kappa shape index (κ2) is 5.98. The van der Waals surface area contributed by atoms with Gasteiger partial charge in [-0.3, -0.25) is 9.36 Å². The van der Waals surface area contributed by atoms with Crippen molar-refractivity contribution in [3.8, 4) is 5.69 Å². The minimum Gasteiger partial charge on any atom is -0.291 e. The summed E-state index contributed by atoms with van der Waals surface area (Å²) in [6.45, 7) is 1.95. The Hall–Kier alpha value is -3.28. The molecule has 0 saturated carbocycles. The quantitative estimate of drug-likeness (QED) is 0.577. The van der Waals surface area contributed by atoms with Crippen LogP contribution in [0.3, 0.4) is 0 Å². The van der Waals surface area contributed by atoms with Crippen molar-refractivity contribution < 1.29 is 4.39 Å². The van der Waals surface area contributed by atoms with Crippen LogP contribution in [0.1, 0.15) is 18.5 Å². The number of hydrogen-bond donors (Lipinski definition) is 0. The molecule has 5 nitrogen and oxygen atoms in total. The maximum absolute atomic E-state index is 13.1. The van der Waals surface area contributed by atoms with Crippen molar-refractivity contribution >= 4 is 11.0 Å². The summed E-state index contributed by atoms with van der Waals surface area (Å²) in [6, 6.07) is 15.5. The molecular weight excluding hydrogens is 319 g/mol. The van der Waals surface area contributed by atoms with E-state index in [-0.39, 0.29) is 17.4 Å². The number of hydrogen-bond acceptors (Lipinski definition) is 3. The number of aromatic nitrogens is 4. The van der Waals surface area contributed by atoms with Gasteiger partial charge in [-0.1, -0.05) is 30.3 Å². The lowest BCUT2D eigenvalue weighted by atomic mass is 10.1. The molecule has 4 aromatic rings. The summed E-state index contributed by atoms with van der Waals surface area (Å²) in [5.41, 5.74) is 1.97. The van der Waals surface area contributed by atoms with E-state index in [0.717, 1.165) is 5.56 Å². The average Bonchev–Trinajstić information content (AvgIpc) is 3.08. The molecule has 124 valence electrons. The molecule has 2 aromatic carbocycles. The first-order chi connectivity index (χ1) is 12.1. The van der Waals surface area contributed by atoms with Gasteiger partial charge in [0, 0.05) is 0 Å². The molecule has 0 bridgehead atoms. The van der Waals surface area contributed by atoms with E-state index >= 15 is 0 Å². The van der Waals surface area contributed by atoms with E-state index in [1.165, 1.54) is 29.3 Å². The first kappa shape index (κ1) is 15.3. The van der Waals surface area contributed by atoms with E-state index in [2.05, 4.69) is 10.1 Å². The molecule has 0 aliphatic rings. The third-order valence-electron chi connectivity index (χ3n) is 4.28. The van der Waals surface area contributed by atoms with E-state index in [4.69, 9.17) is 0 Å². The Balaban J connectivity index is 1.82. The van der Waals surface area contributed by atoms with E-state index in [0.29, 0.717) is 16.7 Å². The number of nitrogens with zero attached hydrogens (tertiary/aromatic N) is 4. The summed E-state index contributed by atoms with van der Waals surface area (Å²) >= 11 is 0. The van der Waals surface area contributed by atoms with Gasteiger partial charge >= 0.3 is 0 Å². The smallest absolute Gasteiger partial charge is 0.265 e. The molecule has 0 N–H and O–H groups in total. The largest absolute Gasteiger partial charge is 0.291 e. The van der Waals surface area contributed by atoms with Crippen LogP contribution >= 0.6 is 0 Å². The lowest BCUT2D eigenvalue weighted by molar-refractivity contribution is 0.608. The normalized spacial score (nSPS) is 12.4. The summed E-state index contributed by atoms with van der Waals surface area (Å²) in [7, 11) is 0. The average molecular weight is 334 g/mol. The zero-order valence-corrected chi connectivity index (χ0v) is 13.5. The van der Waals surface area contributed by atoms with Crippen LogP contribution in [0, 0.1) is 5.82 Å². The van der Waals surface area contributed by atoms with Gasteiger partial charge in [0.1, 0.15) is 17.5 Å². The van der Waals surface area contributed by atoms with Gasteiger partial charge in [0.15, 0.2) is 5.65 Å². The van der Waals surface area contributed by atoms with Crippen molar-refractivity contribution in [3.05, 3.63) is 88.9 Å². The van der Waals surface area contributed by atoms with Crippen LogP contribution in [0.5, 0.6) is 0 Å². The molecule has 0 radical (unpaired) electrons. The summed E-state index contributed by atoms with van der Waals surface area (Å²) in [4.78, 5) is 17.3. The molecule has 0 aliphatic heterocycles. The van der Waals surface area contributed by atoms with Crippen LogP contribution in [-0.4, -0.2) is 19.3 Å². The lowest BCUT2D eigenvalue weighted by Crippen LogP contribution is -2.24. The van der Waals surface area contributed by atoms with Crippen molar-refractivity contribution in [3.63, 3.8) is 0 Å². The molecule has 0 amide bonds. The van der Waals surface area contributed by atoms with Gasteiger partial charge in [-0.2, -0.15) is 5.10 Å². The third-order valence-corrected chi connectivity index (χ3v) is 4.28. The molecule has 1 atom stereocenters. The number of benzene rings is 2. The highest BCUT2D eigenvalue weighted by atomic mass is 19.1. The molecule has 0 saturated heterocycles. The van der Waals surface area contributed by atoms with Crippen LogP contribution < -0.4 is 5.56 Å². The van der Waals surface area contributed by atoms with Gasteiger partial charge in [0.05, 0.1) is 17.9 Å². The Morgan fingerprint density at radius 2 is 1.76 bits per heavy atom. The van der Waals surface area contributed by atoms with E-state index < -0.39 is 0 Å². The number of halogens is 1. The van der Waals surface area contributed by atoms with Crippen molar-refractivity contribution in [2.75, 3.05) is 0 Å². The predicted molar refractivity (Wildman–Crippen MR) is 93.3 cm³/mol. The van der Waals surface area contributed by atoms with Gasteiger partial charge in [-0.05, 0) is 36.8 Å². The Kier molecular flexibility index (Phi) is 3.65. The molecule has 25 heavy (non-hydrogen) atoms. The molecule has 0 spiro atoms. The Morgan fingerprint density at radius 1 is 1.04 bits per heavy atom.